The van der Waals surface area contributed by atoms with Gasteiger partial charge in [-0.25, -0.2) is 0 Å². The van der Waals surface area contributed by atoms with Gasteiger partial charge in [0.2, 0.25) is 0 Å². The molecule has 96 valence electrons. The maximum absolute atomic E-state index is 11.8. The predicted molar refractivity (Wildman–Crippen MR) is 76.6 cm³/mol. The Bertz CT molecular complexity index is 467. The molecule has 1 aromatic rings. The van der Waals surface area contributed by atoms with Crippen LogP contribution in [0.2, 0.25) is 0 Å². The fourth-order valence-electron chi connectivity index (χ4n) is 1.38. The van der Waals surface area contributed by atoms with E-state index in [4.69, 9.17) is 0 Å². The lowest BCUT2D eigenvalue weighted by Gasteiger charge is -2.10. The van der Waals surface area contributed by atoms with Crippen LogP contribution in [0.3, 0.4) is 0 Å². The van der Waals surface area contributed by atoms with Gasteiger partial charge >= 0.3 is 0 Å². The van der Waals surface area contributed by atoms with E-state index in [1.165, 1.54) is 11.8 Å². The fraction of sp³-hybridized carbons (Fsp3) is 0.286. The van der Waals surface area contributed by atoms with Gasteiger partial charge in [-0.05, 0) is 17.7 Å². The van der Waals surface area contributed by atoms with Crippen molar-refractivity contribution in [1.82, 2.24) is 4.90 Å². The lowest BCUT2D eigenvalue weighted by Crippen LogP contribution is -2.21. The summed E-state index contributed by atoms with van der Waals surface area (Å²) in [5, 5.41) is 0.108. The Morgan fingerprint density at radius 1 is 1.33 bits per heavy atom. The summed E-state index contributed by atoms with van der Waals surface area (Å²) in [5.74, 6) is 0.643. The number of hydrogen-bond acceptors (Lipinski definition) is 3. The molecule has 0 saturated heterocycles. The number of hydrogen-bond donors (Lipinski definition) is 0. The first-order chi connectivity index (χ1) is 8.50. The molecule has 0 radical (unpaired) electrons. The molecule has 0 aromatic heterocycles. The molecule has 18 heavy (non-hydrogen) atoms. The molecule has 0 atom stereocenters. The summed E-state index contributed by atoms with van der Waals surface area (Å²) in [6.45, 7) is 1.55. The van der Waals surface area contributed by atoms with E-state index in [2.05, 4.69) is 0 Å². The van der Waals surface area contributed by atoms with E-state index >= 15 is 0 Å². The number of benzene rings is 1. The predicted octanol–water partition coefficient (Wildman–Crippen LogP) is 2.68. The van der Waals surface area contributed by atoms with Crippen molar-refractivity contribution in [3.8, 4) is 0 Å². The summed E-state index contributed by atoms with van der Waals surface area (Å²) in [4.78, 5) is 24.1. The van der Waals surface area contributed by atoms with Gasteiger partial charge in [0.25, 0.3) is 5.91 Å². The lowest BCUT2D eigenvalue weighted by atomic mass is 10.1. The molecule has 4 heteroatoms. The van der Waals surface area contributed by atoms with E-state index in [0.29, 0.717) is 11.3 Å². The Hall–Kier alpha value is -1.55. The van der Waals surface area contributed by atoms with E-state index in [1.807, 2.05) is 30.4 Å². The van der Waals surface area contributed by atoms with Crippen LogP contribution >= 0.6 is 11.8 Å². The van der Waals surface area contributed by atoms with Crippen LogP contribution in [-0.4, -0.2) is 35.8 Å². The summed E-state index contributed by atoms with van der Waals surface area (Å²) in [5.41, 5.74) is 1.63. The van der Waals surface area contributed by atoms with Crippen LogP contribution in [0.25, 0.3) is 6.08 Å². The third kappa shape index (κ3) is 4.75. The molecular weight excluding hydrogens is 246 g/mol. The van der Waals surface area contributed by atoms with Crippen LogP contribution in [0.1, 0.15) is 22.8 Å². The molecular formula is C14H17NO2S. The average molecular weight is 263 g/mol. The largest absolute Gasteiger partial charge is 0.345 e. The molecule has 0 aliphatic rings. The van der Waals surface area contributed by atoms with Gasteiger partial charge in [-0.3, -0.25) is 9.59 Å². The van der Waals surface area contributed by atoms with Gasteiger partial charge in [0.15, 0.2) is 5.12 Å². The molecule has 1 rings (SSSR count). The lowest BCUT2D eigenvalue weighted by molar-refractivity contribution is -0.109. The summed E-state index contributed by atoms with van der Waals surface area (Å²) < 4.78 is 0. The zero-order valence-corrected chi connectivity index (χ0v) is 11.7. The highest BCUT2D eigenvalue weighted by Gasteiger charge is 2.06. The molecule has 0 unspecified atom stereocenters. The molecule has 0 aliphatic heterocycles. The SMILES string of the molecule is CC(=O)SCC=Cc1cccc(C(=O)N(C)C)c1. The molecule has 0 N–H and O–H groups in total. The average Bonchev–Trinajstić information content (AvgIpc) is 2.33. The van der Waals surface area contributed by atoms with Crippen LogP contribution in [0.15, 0.2) is 30.3 Å². The van der Waals surface area contributed by atoms with Crippen molar-refractivity contribution in [3.63, 3.8) is 0 Å². The number of thioether (sulfide) groups is 1. The van der Waals surface area contributed by atoms with Crippen molar-refractivity contribution >= 4 is 28.9 Å². The molecule has 0 aliphatic carbocycles. The van der Waals surface area contributed by atoms with Crippen molar-refractivity contribution in [3.05, 3.63) is 41.5 Å². The van der Waals surface area contributed by atoms with Gasteiger partial charge in [-0.15, -0.1) is 0 Å². The Balaban J connectivity index is 2.70. The smallest absolute Gasteiger partial charge is 0.253 e. The highest BCUT2D eigenvalue weighted by molar-refractivity contribution is 8.13. The number of amides is 1. The van der Waals surface area contributed by atoms with Crippen LogP contribution in [0.5, 0.6) is 0 Å². The van der Waals surface area contributed by atoms with Crippen LogP contribution in [0.4, 0.5) is 0 Å². The Labute approximate surface area is 112 Å². The number of rotatable bonds is 4. The minimum atomic E-state index is -0.0108. The third-order valence-corrected chi connectivity index (χ3v) is 3.00. The van der Waals surface area contributed by atoms with E-state index < -0.39 is 0 Å². The first kappa shape index (κ1) is 14.5. The number of carbonyl (C=O) groups is 2. The molecule has 0 bridgehead atoms. The quantitative estimate of drug-likeness (QED) is 0.838. The highest BCUT2D eigenvalue weighted by Crippen LogP contribution is 2.10. The van der Waals surface area contributed by atoms with Gasteiger partial charge in [-0.2, -0.15) is 0 Å². The zero-order chi connectivity index (χ0) is 13.5. The standard InChI is InChI=1S/C14H17NO2S/c1-11(16)18-9-5-7-12-6-4-8-13(10-12)14(17)15(2)3/h4-8,10H,9H2,1-3H3. The van der Waals surface area contributed by atoms with Gasteiger partial charge in [-0.1, -0.05) is 36.0 Å². The van der Waals surface area contributed by atoms with Crippen molar-refractivity contribution in [2.45, 2.75) is 6.92 Å². The van der Waals surface area contributed by atoms with Crippen molar-refractivity contribution < 1.29 is 9.59 Å². The van der Waals surface area contributed by atoms with Gasteiger partial charge < -0.3 is 4.90 Å². The molecule has 0 saturated carbocycles. The molecule has 0 heterocycles. The zero-order valence-electron chi connectivity index (χ0n) is 10.8. The van der Waals surface area contributed by atoms with Crippen molar-refractivity contribution in [2.75, 3.05) is 19.8 Å². The first-order valence-electron chi connectivity index (χ1n) is 5.62. The normalized spacial score (nSPS) is 10.6. The Morgan fingerprint density at radius 3 is 2.67 bits per heavy atom. The minimum absolute atomic E-state index is 0.0108. The van der Waals surface area contributed by atoms with E-state index in [-0.39, 0.29) is 11.0 Å². The van der Waals surface area contributed by atoms with Gasteiger partial charge in [0.05, 0.1) is 0 Å². The summed E-state index contributed by atoms with van der Waals surface area (Å²) in [6, 6.07) is 7.43. The minimum Gasteiger partial charge on any atom is -0.345 e. The van der Waals surface area contributed by atoms with E-state index in [9.17, 15) is 9.59 Å². The summed E-state index contributed by atoms with van der Waals surface area (Å²) in [7, 11) is 3.46. The van der Waals surface area contributed by atoms with Crippen LogP contribution < -0.4 is 0 Å². The Kier molecular flexibility index (Phi) is 5.65. The summed E-state index contributed by atoms with van der Waals surface area (Å²) in [6.07, 6.45) is 3.84. The van der Waals surface area contributed by atoms with Gasteiger partial charge in [0, 0.05) is 32.3 Å². The van der Waals surface area contributed by atoms with E-state index in [1.54, 1.807) is 32.0 Å². The van der Waals surface area contributed by atoms with Crippen LogP contribution in [-0.2, 0) is 4.79 Å². The molecule has 1 aromatic carbocycles. The molecule has 3 nitrogen and oxygen atoms in total. The monoisotopic (exact) mass is 263 g/mol. The van der Waals surface area contributed by atoms with E-state index in [0.717, 1.165) is 5.56 Å². The topological polar surface area (TPSA) is 37.4 Å². The molecule has 0 spiro atoms. The maximum Gasteiger partial charge on any atom is 0.253 e. The second kappa shape index (κ2) is 7.01. The van der Waals surface area contributed by atoms with Gasteiger partial charge in [0.1, 0.15) is 0 Å². The van der Waals surface area contributed by atoms with Crippen molar-refractivity contribution in [2.24, 2.45) is 0 Å². The van der Waals surface area contributed by atoms with Crippen molar-refractivity contribution in [1.29, 1.82) is 0 Å². The summed E-state index contributed by atoms with van der Waals surface area (Å²) >= 11 is 1.27. The first-order valence-corrected chi connectivity index (χ1v) is 6.61. The highest BCUT2D eigenvalue weighted by atomic mass is 32.2. The second-order valence-electron chi connectivity index (χ2n) is 4.03. The molecule has 1 amide bonds. The van der Waals surface area contributed by atoms with Crippen LogP contribution in [0, 0.1) is 0 Å². The fourth-order valence-corrected chi connectivity index (χ4v) is 1.81. The Morgan fingerprint density at radius 2 is 2.06 bits per heavy atom. The number of carbonyl (C=O) groups excluding carboxylic acids is 2. The number of nitrogens with zero attached hydrogens (tertiary/aromatic N) is 1. The third-order valence-electron chi connectivity index (χ3n) is 2.23. The maximum atomic E-state index is 11.8. The second-order valence-corrected chi connectivity index (χ2v) is 5.23. The molecule has 0 fully saturated rings.